The van der Waals surface area contributed by atoms with Crippen molar-refractivity contribution in [1.29, 1.82) is 0 Å². The number of fused-ring (bicyclic) bond motifs is 2. The highest BCUT2D eigenvalue weighted by atomic mass is 79.9. The molecule has 1 aliphatic carbocycles. The van der Waals surface area contributed by atoms with Crippen LogP contribution in [0.1, 0.15) is 61.5 Å². The predicted octanol–water partition coefficient (Wildman–Crippen LogP) is 3.12. The summed E-state index contributed by atoms with van der Waals surface area (Å²) < 4.78 is 0.127. The summed E-state index contributed by atoms with van der Waals surface area (Å²) in [6, 6.07) is 7.31. The van der Waals surface area contributed by atoms with E-state index in [-0.39, 0.29) is 57.2 Å². The number of hydrogen-bond donors (Lipinski definition) is 3. The number of ketones is 2. The normalized spacial score (nSPS) is 12.2. The molecule has 2 aromatic carbocycles. The van der Waals surface area contributed by atoms with E-state index in [9.17, 15) is 29.1 Å². The van der Waals surface area contributed by atoms with Crippen molar-refractivity contribution >= 4 is 51.0 Å². The van der Waals surface area contributed by atoms with Crippen molar-refractivity contribution in [3.05, 3.63) is 62.6 Å². The molecule has 148 valence electrons. The largest absolute Gasteiger partial charge is 0.481 e. The van der Waals surface area contributed by atoms with Crippen LogP contribution in [0.15, 0.2) is 34.8 Å². The zero-order chi connectivity index (χ0) is 21.3. The molecule has 0 fully saturated rings. The topological polar surface area (TPSA) is 138 Å². The summed E-state index contributed by atoms with van der Waals surface area (Å²) in [7, 11) is 0. The van der Waals surface area contributed by atoms with Gasteiger partial charge in [-0.15, -0.1) is 0 Å². The van der Waals surface area contributed by atoms with Crippen molar-refractivity contribution < 1.29 is 34.2 Å². The number of halogens is 1. The molecule has 1 amide bonds. The molecule has 0 heterocycles. The Bertz CT molecular complexity index is 1090. The molecule has 0 saturated carbocycles. The van der Waals surface area contributed by atoms with Crippen LogP contribution in [-0.2, 0) is 9.59 Å². The number of carboxylic acid groups (broad SMARTS) is 2. The fraction of sp³-hybridized carbons (Fsp3) is 0.150. The number of benzene rings is 2. The first-order chi connectivity index (χ1) is 13.7. The van der Waals surface area contributed by atoms with E-state index in [1.54, 1.807) is 12.1 Å². The van der Waals surface area contributed by atoms with Crippen molar-refractivity contribution in [2.75, 3.05) is 5.32 Å². The predicted molar refractivity (Wildman–Crippen MR) is 105 cm³/mol. The van der Waals surface area contributed by atoms with E-state index in [1.807, 2.05) is 0 Å². The third-order valence-corrected chi connectivity index (χ3v) is 5.06. The molecule has 0 aromatic heterocycles. The molecular formula is C20H14BrNO7. The van der Waals surface area contributed by atoms with Gasteiger partial charge in [-0.05, 0) is 28.4 Å². The lowest BCUT2D eigenvalue weighted by Gasteiger charge is -2.23. The molecule has 9 heteroatoms. The highest BCUT2D eigenvalue weighted by molar-refractivity contribution is 9.10. The number of anilines is 1. The molecule has 0 unspecified atom stereocenters. The van der Waals surface area contributed by atoms with Crippen LogP contribution in [0.25, 0.3) is 0 Å². The van der Waals surface area contributed by atoms with Gasteiger partial charge in [0.2, 0.25) is 5.91 Å². The maximum absolute atomic E-state index is 13.1. The van der Waals surface area contributed by atoms with E-state index in [4.69, 9.17) is 5.11 Å². The van der Waals surface area contributed by atoms with Crippen LogP contribution < -0.4 is 5.32 Å². The van der Waals surface area contributed by atoms with Crippen molar-refractivity contribution in [1.82, 2.24) is 0 Å². The molecule has 0 atom stereocenters. The first kappa shape index (κ1) is 20.4. The maximum atomic E-state index is 13.1. The zero-order valence-corrected chi connectivity index (χ0v) is 16.4. The quantitative estimate of drug-likeness (QED) is 0.514. The molecule has 2 aromatic rings. The number of carbonyl (C=O) groups is 5. The first-order valence-corrected chi connectivity index (χ1v) is 9.31. The molecule has 0 aliphatic heterocycles. The van der Waals surface area contributed by atoms with Gasteiger partial charge in [0, 0.05) is 28.4 Å². The second-order valence-electron chi connectivity index (χ2n) is 6.34. The number of hydrogen-bond acceptors (Lipinski definition) is 5. The van der Waals surface area contributed by atoms with Crippen LogP contribution in [0.5, 0.6) is 0 Å². The number of carbonyl (C=O) groups excluding carboxylic acids is 3. The fourth-order valence-electron chi connectivity index (χ4n) is 3.15. The van der Waals surface area contributed by atoms with E-state index in [2.05, 4.69) is 21.2 Å². The Labute approximate surface area is 172 Å². The summed E-state index contributed by atoms with van der Waals surface area (Å²) >= 11 is 3.16. The Balaban J connectivity index is 2.12. The monoisotopic (exact) mass is 459 g/mol. The van der Waals surface area contributed by atoms with Gasteiger partial charge in [0.05, 0.1) is 22.4 Å². The highest BCUT2D eigenvalue weighted by Gasteiger charge is 2.36. The van der Waals surface area contributed by atoms with Crippen LogP contribution >= 0.6 is 15.9 Å². The van der Waals surface area contributed by atoms with Crippen molar-refractivity contribution in [2.45, 2.75) is 19.3 Å². The van der Waals surface area contributed by atoms with E-state index in [0.717, 1.165) is 6.07 Å². The van der Waals surface area contributed by atoms with Gasteiger partial charge in [-0.1, -0.05) is 24.3 Å². The summed E-state index contributed by atoms with van der Waals surface area (Å²) in [6.07, 6.45) is -0.380. The SMILES string of the molecule is O=C(O)CCCC(=O)Nc1c(C(=O)O)cc(Br)c2c1C(=O)c1ccccc1C2=O. The first-order valence-electron chi connectivity index (χ1n) is 8.52. The molecule has 0 bridgehead atoms. The summed E-state index contributed by atoms with van der Waals surface area (Å²) in [5, 5.41) is 20.6. The summed E-state index contributed by atoms with van der Waals surface area (Å²) in [6.45, 7) is 0. The average Bonchev–Trinajstić information content (AvgIpc) is 2.66. The molecular weight excluding hydrogens is 446 g/mol. The van der Waals surface area contributed by atoms with Gasteiger partial charge in [-0.2, -0.15) is 0 Å². The molecule has 3 rings (SSSR count). The minimum atomic E-state index is -1.39. The fourth-order valence-corrected chi connectivity index (χ4v) is 3.76. The lowest BCUT2D eigenvalue weighted by atomic mass is 9.82. The second kappa shape index (κ2) is 7.96. The van der Waals surface area contributed by atoms with Crippen LogP contribution in [0, 0.1) is 0 Å². The molecule has 8 nitrogen and oxygen atoms in total. The van der Waals surface area contributed by atoms with E-state index < -0.39 is 29.4 Å². The average molecular weight is 460 g/mol. The number of aliphatic carboxylic acids is 1. The third-order valence-electron chi connectivity index (χ3n) is 4.44. The van der Waals surface area contributed by atoms with Gasteiger partial charge in [-0.25, -0.2) is 4.79 Å². The van der Waals surface area contributed by atoms with E-state index >= 15 is 0 Å². The minimum Gasteiger partial charge on any atom is -0.481 e. The van der Waals surface area contributed by atoms with Crippen LogP contribution in [-0.4, -0.2) is 39.6 Å². The van der Waals surface area contributed by atoms with Gasteiger partial charge in [0.15, 0.2) is 11.6 Å². The number of rotatable bonds is 6. The van der Waals surface area contributed by atoms with E-state index in [1.165, 1.54) is 12.1 Å². The summed E-state index contributed by atoms with van der Waals surface area (Å²) in [4.78, 5) is 60.6. The van der Waals surface area contributed by atoms with Crippen molar-refractivity contribution in [3.63, 3.8) is 0 Å². The Hall–Kier alpha value is -3.33. The Kier molecular flexibility index (Phi) is 5.60. The van der Waals surface area contributed by atoms with Crippen molar-refractivity contribution in [3.8, 4) is 0 Å². The van der Waals surface area contributed by atoms with Gasteiger partial charge in [0.25, 0.3) is 0 Å². The van der Waals surface area contributed by atoms with Crippen LogP contribution in [0.2, 0.25) is 0 Å². The van der Waals surface area contributed by atoms with Gasteiger partial charge < -0.3 is 15.5 Å². The Morgan fingerprint density at radius 2 is 1.52 bits per heavy atom. The number of carboxylic acids is 2. The third kappa shape index (κ3) is 3.81. The molecule has 0 radical (unpaired) electrons. The molecule has 3 N–H and O–H groups in total. The standard InChI is InChI=1S/C20H14BrNO7/c21-12-8-11(20(28)29)17(22-13(23)6-3-7-14(24)25)16-15(12)18(26)9-4-1-2-5-10(9)19(16)27/h1-2,4-5,8H,3,6-7H2,(H,22,23)(H,24,25)(H,28,29). The Morgan fingerprint density at radius 1 is 0.931 bits per heavy atom. The number of aromatic carboxylic acids is 1. The number of nitrogens with one attached hydrogen (secondary N) is 1. The lowest BCUT2D eigenvalue weighted by Crippen LogP contribution is -2.26. The summed E-state index contributed by atoms with van der Waals surface area (Å²) in [5.41, 5.74) is -0.563. The van der Waals surface area contributed by atoms with Gasteiger partial charge in [-0.3, -0.25) is 19.2 Å². The van der Waals surface area contributed by atoms with Crippen LogP contribution in [0.3, 0.4) is 0 Å². The van der Waals surface area contributed by atoms with Crippen molar-refractivity contribution in [2.24, 2.45) is 0 Å². The molecule has 29 heavy (non-hydrogen) atoms. The maximum Gasteiger partial charge on any atom is 0.337 e. The minimum absolute atomic E-state index is 0.0282. The van der Waals surface area contributed by atoms with Gasteiger partial charge >= 0.3 is 11.9 Å². The highest BCUT2D eigenvalue weighted by Crippen LogP contribution is 2.38. The lowest BCUT2D eigenvalue weighted by molar-refractivity contribution is -0.137. The zero-order valence-electron chi connectivity index (χ0n) is 14.8. The van der Waals surface area contributed by atoms with Gasteiger partial charge in [0.1, 0.15) is 0 Å². The summed E-state index contributed by atoms with van der Waals surface area (Å²) in [5.74, 6) is -4.17. The molecule has 0 saturated heterocycles. The van der Waals surface area contributed by atoms with Crippen LogP contribution in [0.4, 0.5) is 5.69 Å². The number of amides is 1. The molecule has 1 aliphatic rings. The smallest absolute Gasteiger partial charge is 0.337 e. The molecule has 0 spiro atoms. The second-order valence-corrected chi connectivity index (χ2v) is 7.19. The Morgan fingerprint density at radius 3 is 2.07 bits per heavy atom. The van der Waals surface area contributed by atoms with E-state index in [0.29, 0.717) is 0 Å².